The molecule has 0 aromatic rings. The fourth-order valence-electron chi connectivity index (χ4n) is 5.67. The van der Waals surface area contributed by atoms with Crippen molar-refractivity contribution in [3.8, 4) is 0 Å². The summed E-state index contributed by atoms with van der Waals surface area (Å²) in [4.78, 5) is 0. The van der Waals surface area contributed by atoms with Crippen molar-refractivity contribution in [1.29, 1.82) is 0 Å². The van der Waals surface area contributed by atoms with E-state index in [9.17, 15) is 0 Å². The summed E-state index contributed by atoms with van der Waals surface area (Å²) in [5.41, 5.74) is 0.251. The van der Waals surface area contributed by atoms with Crippen molar-refractivity contribution in [1.82, 2.24) is 5.32 Å². The Morgan fingerprint density at radius 3 is 2.71 bits per heavy atom. The van der Waals surface area contributed by atoms with Gasteiger partial charge >= 0.3 is 0 Å². The fraction of sp³-hybridized carbons (Fsp3) is 1.00. The molecule has 1 spiro atoms. The summed E-state index contributed by atoms with van der Waals surface area (Å²) in [6.07, 6.45) is 9.93. The molecule has 2 saturated heterocycles. The van der Waals surface area contributed by atoms with Gasteiger partial charge in [-0.1, -0.05) is 19.8 Å². The molecule has 120 valence electrons. The number of hydrogen-bond acceptors (Lipinski definition) is 3. The molecule has 2 aliphatic carbocycles. The Kier molecular flexibility index (Phi) is 4.27. The largest absolute Gasteiger partial charge is 0.374 e. The van der Waals surface area contributed by atoms with Crippen LogP contribution in [0.2, 0.25) is 0 Å². The van der Waals surface area contributed by atoms with Crippen LogP contribution >= 0.6 is 11.8 Å². The van der Waals surface area contributed by atoms with Crippen LogP contribution < -0.4 is 5.32 Å². The molecule has 2 heterocycles. The van der Waals surface area contributed by atoms with Crippen LogP contribution in [-0.2, 0) is 4.74 Å². The monoisotopic (exact) mass is 309 g/mol. The van der Waals surface area contributed by atoms with E-state index in [4.69, 9.17) is 4.74 Å². The van der Waals surface area contributed by atoms with Gasteiger partial charge in [-0.2, -0.15) is 11.8 Å². The summed E-state index contributed by atoms with van der Waals surface area (Å²) in [5.74, 6) is 6.57. The first-order chi connectivity index (χ1) is 10.3. The maximum Gasteiger partial charge on any atom is 0.0783 e. The first-order valence-electron chi connectivity index (χ1n) is 9.28. The third kappa shape index (κ3) is 2.79. The highest BCUT2D eigenvalue weighted by Gasteiger charge is 2.56. The Labute approximate surface area is 134 Å². The highest BCUT2D eigenvalue weighted by molar-refractivity contribution is 7.99. The van der Waals surface area contributed by atoms with Crippen molar-refractivity contribution in [2.75, 3.05) is 24.7 Å². The predicted octanol–water partition coefficient (Wildman–Crippen LogP) is 3.70. The molecule has 4 rings (SSSR count). The van der Waals surface area contributed by atoms with Crippen molar-refractivity contribution in [3.05, 3.63) is 0 Å². The Balaban J connectivity index is 1.46. The molecular formula is C18H31NOS. The Bertz CT molecular complexity index is 356. The molecule has 1 N–H and O–H groups in total. The van der Waals surface area contributed by atoms with Crippen molar-refractivity contribution in [2.24, 2.45) is 23.7 Å². The molecule has 0 aromatic heterocycles. The van der Waals surface area contributed by atoms with E-state index in [0.717, 1.165) is 42.9 Å². The smallest absolute Gasteiger partial charge is 0.0783 e. The predicted molar refractivity (Wildman–Crippen MR) is 89.8 cm³/mol. The molecule has 4 aliphatic rings. The number of thioether (sulfide) groups is 1. The van der Waals surface area contributed by atoms with Crippen LogP contribution in [0.25, 0.3) is 0 Å². The minimum atomic E-state index is 0.251. The summed E-state index contributed by atoms with van der Waals surface area (Å²) in [5, 5.41) is 3.91. The molecule has 0 amide bonds. The van der Waals surface area contributed by atoms with E-state index < -0.39 is 0 Å². The molecule has 0 bridgehead atoms. The van der Waals surface area contributed by atoms with Gasteiger partial charge in [0, 0.05) is 18.4 Å². The molecule has 3 heteroatoms. The van der Waals surface area contributed by atoms with E-state index in [1.807, 2.05) is 0 Å². The van der Waals surface area contributed by atoms with Crippen LogP contribution in [-0.4, -0.2) is 36.3 Å². The SMILES string of the molecule is CCNC(C1CCOC2(CCSC2)C1)C1C2CCCCC21. The van der Waals surface area contributed by atoms with Gasteiger partial charge in [0.25, 0.3) is 0 Å². The topological polar surface area (TPSA) is 21.3 Å². The van der Waals surface area contributed by atoms with E-state index in [2.05, 4.69) is 24.0 Å². The van der Waals surface area contributed by atoms with E-state index in [1.165, 1.54) is 56.5 Å². The molecular weight excluding hydrogens is 278 g/mol. The quantitative estimate of drug-likeness (QED) is 0.855. The first-order valence-corrected chi connectivity index (χ1v) is 10.4. The average molecular weight is 310 g/mol. The zero-order valence-corrected chi connectivity index (χ0v) is 14.3. The highest BCUT2D eigenvalue weighted by Crippen LogP contribution is 2.59. The number of nitrogens with one attached hydrogen (secondary N) is 1. The maximum atomic E-state index is 6.26. The third-order valence-corrected chi connectivity index (χ3v) is 7.91. The van der Waals surface area contributed by atoms with Gasteiger partial charge in [0.15, 0.2) is 0 Å². The van der Waals surface area contributed by atoms with Gasteiger partial charge in [-0.15, -0.1) is 0 Å². The van der Waals surface area contributed by atoms with E-state index in [-0.39, 0.29) is 5.60 Å². The van der Waals surface area contributed by atoms with Crippen molar-refractivity contribution >= 4 is 11.8 Å². The molecule has 0 radical (unpaired) electrons. The molecule has 4 fully saturated rings. The number of rotatable bonds is 4. The Morgan fingerprint density at radius 1 is 1.24 bits per heavy atom. The van der Waals surface area contributed by atoms with Gasteiger partial charge in [0.1, 0.15) is 0 Å². The molecule has 5 atom stereocenters. The van der Waals surface area contributed by atoms with Crippen molar-refractivity contribution in [2.45, 2.75) is 63.5 Å². The van der Waals surface area contributed by atoms with Crippen LogP contribution in [0, 0.1) is 23.7 Å². The van der Waals surface area contributed by atoms with Crippen LogP contribution in [0.15, 0.2) is 0 Å². The second kappa shape index (κ2) is 6.05. The molecule has 5 unspecified atom stereocenters. The first kappa shape index (κ1) is 14.8. The van der Waals surface area contributed by atoms with E-state index in [0.29, 0.717) is 0 Å². The second-order valence-electron chi connectivity index (χ2n) is 7.86. The molecule has 2 saturated carbocycles. The molecule has 21 heavy (non-hydrogen) atoms. The summed E-state index contributed by atoms with van der Waals surface area (Å²) < 4.78 is 6.26. The standard InChI is InChI=1S/C18H31NOS/c1-2-19-17(16-14-5-3-4-6-15(14)16)13-7-9-20-18(11-13)8-10-21-12-18/h13-17,19H,2-12H2,1H3. The Morgan fingerprint density at radius 2 is 2.05 bits per heavy atom. The second-order valence-corrected chi connectivity index (χ2v) is 8.97. The van der Waals surface area contributed by atoms with Crippen LogP contribution in [0.1, 0.15) is 51.9 Å². The Hall–Kier alpha value is 0.270. The van der Waals surface area contributed by atoms with Crippen molar-refractivity contribution in [3.63, 3.8) is 0 Å². The van der Waals surface area contributed by atoms with Gasteiger partial charge in [-0.05, 0) is 68.1 Å². The summed E-state index contributed by atoms with van der Waals surface area (Å²) in [7, 11) is 0. The van der Waals surface area contributed by atoms with Gasteiger partial charge in [-0.3, -0.25) is 0 Å². The molecule has 0 aromatic carbocycles. The number of hydrogen-bond donors (Lipinski definition) is 1. The lowest BCUT2D eigenvalue weighted by atomic mass is 9.79. The third-order valence-electron chi connectivity index (χ3n) is 6.68. The summed E-state index contributed by atoms with van der Waals surface area (Å²) >= 11 is 2.11. The van der Waals surface area contributed by atoms with E-state index in [1.54, 1.807) is 0 Å². The van der Waals surface area contributed by atoms with Gasteiger partial charge in [0.2, 0.25) is 0 Å². The lowest BCUT2D eigenvalue weighted by Gasteiger charge is -2.41. The van der Waals surface area contributed by atoms with Gasteiger partial charge in [0.05, 0.1) is 5.60 Å². The fourth-order valence-corrected chi connectivity index (χ4v) is 7.05. The summed E-state index contributed by atoms with van der Waals surface area (Å²) in [6, 6.07) is 0.787. The number of ether oxygens (including phenoxy) is 1. The van der Waals surface area contributed by atoms with Crippen LogP contribution in [0.3, 0.4) is 0 Å². The van der Waals surface area contributed by atoms with Crippen molar-refractivity contribution < 1.29 is 4.74 Å². The van der Waals surface area contributed by atoms with Gasteiger partial charge in [-0.25, -0.2) is 0 Å². The minimum Gasteiger partial charge on any atom is -0.374 e. The van der Waals surface area contributed by atoms with Gasteiger partial charge < -0.3 is 10.1 Å². The summed E-state index contributed by atoms with van der Waals surface area (Å²) in [6.45, 7) is 4.44. The molecule has 2 aliphatic heterocycles. The minimum absolute atomic E-state index is 0.251. The highest BCUT2D eigenvalue weighted by atomic mass is 32.2. The average Bonchev–Trinajstić information content (AvgIpc) is 3.08. The zero-order chi connectivity index (χ0) is 14.3. The lowest BCUT2D eigenvalue weighted by molar-refractivity contribution is -0.0867. The number of fused-ring (bicyclic) bond motifs is 1. The van der Waals surface area contributed by atoms with Crippen LogP contribution in [0.5, 0.6) is 0 Å². The maximum absolute atomic E-state index is 6.26. The lowest BCUT2D eigenvalue weighted by Crippen LogP contribution is -2.48. The van der Waals surface area contributed by atoms with Crippen LogP contribution in [0.4, 0.5) is 0 Å². The molecule has 2 nitrogen and oxygen atoms in total. The van der Waals surface area contributed by atoms with E-state index >= 15 is 0 Å². The zero-order valence-electron chi connectivity index (χ0n) is 13.5. The normalized spacial score (nSPS) is 47.3.